The fraction of sp³-hybridized carbons (Fsp3) is 0.565. The number of phosphoric ester groups is 1. The molecule has 22 heteroatoms. The van der Waals surface area contributed by atoms with Crippen LogP contribution in [0.1, 0.15) is 31.0 Å². The van der Waals surface area contributed by atoms with Crippen LogP contribution in [0.5, 0.6) is 0 Å². The number of anilines is 1. The highest BCUT2D eigenvalue weighted by Gasteiger charge is 2.55. The molecule has 0 aliphatic carbocycles. The zero-order chi connectivity index (χ0) is 32.7. The summed E-state index contributed by atoms with van der Waals surface area (Å²) >= 11 is 0. The minimum Gasteiger partial charge on any atom is -0.396 e. The Kier molecular flexibility index (Phi) is 9.18. The lowest BCUT2D eigenvalue weighted by Gasteiger charge is -2.29. The van der Waals surface area contributed by atoms with Crippen molar-refractivity contribution in [3.05, 3.63) is 28.7 Å². The standard InChI is InChI=1S/C23H32FN10O10P/c1-27-16(25)11-17(28-2)33(8-29-11)20-14(37)13(36)10(43-20)3-6-42-45(39,40)44-15-21(41-7-23(15,24)4-5-35)34-9-30-12-18(34)31-22(26)32-19(12)38/h8-10,13-15,20-21,35-37H,2-7H2,1H3,(H2,25,27)(H,39,40)(H3,26,31,32,38)/t10-,13-,14-,15+,20-,21-,23-/m1/s1. The Hall–Kier alpha value is -3.66. The summed E-state index contributed by atoms with van der Waals surface area (Å²) < 4.78 is 53.0. The molecule has 2 fully saturated rings. The lowest BCUT2D eigenvalue weighted by atomic mass is 9.97. The number of rotatable bonds is 12. The summed E-state index contributed by atoms with van der Waals surface area (Å²) in [5.74, 6) is -0.0938. The number of nitrogen functional groups attached to an aromatic ring is 1. The number of aliphatic hydroxyl groups excluding tert-OH is 3. The Morgan fingerprint density at radius 2 is 2.04 bits per heavy atom. The highest BCUT2D eigenvalue weighted by atomic mass is 31.2. The molecule has 5 rings (SSSR count). The summed E-state index contributed by atoms with van der Waals surface area (Å²) in [7, 11) is -3.62. The number of nitrogens with zero attached hydrogens (tertiary/aromatic N) is 7. The molecule has 8 atom stereocenters. The van der Waals surface area contributed by atoms with Gasteiger partial charge in [-0.05, 0) is 6.72 Å². The van der Waals surface area contributed by atoms with Gasteiger partial charge >= 0.3 is 7.82 Å². The summed E-state index contributed by atoms with van der Waals surface area (Å²) in [5.41, 5.74) is 8.21. The van der Waals surface area contributed by atoms with E-state index in [1.54, 1.807) is 0 Å². The fourth-order valence-corrected chi connectivity index (χ4v) is 6.17. The van der Waals surface area contributed by atoms with Gasteiger partial charge in [-0.15, -0.1) is 0 Å². The molecule has 45 heavy (non-hydrogen) atoms. The second-order valence-corrected chi connectivity index (χ2v) is 11.6. The maximum atomic E-state index is 16.0. The summed E-state index contributed by atoms with van der Waals surface area (Å²) in [4.78, 5) is 44.8. The van der Waals surface area contributed by atoms with Gasteiger partial charge in [-0.25, -0.2) is 23.9 Å². The van der Waals surface area contributed by atoms with Crippen LogP contribution in [0.25, 0.3) is 11.2 Å². The number of phosphoric acid groups is 1. The van der Waals surface area contributed by atoms with Crippen molar-refractivity contribution >= 4 is 43.3 Å². The molecule has 0 bridgehead atoms. The van der Waals surface area contributed by atoms with Crippen LogP contribution in [0.15, 0.2) is 27.4 Å². The quantitative estimate of drug-likeness (QED) is 0.0655. The number of ether oxygens (including phenoxy) is 2. The predicted molar refractivity (Wildman–Crippen MR) is 152 cm³/mol. The number of imidazole rings is 2. The maximum absolute atomic E-state index is 16.0. The molecule has 0 saturated carbocycles. The van der Waals surface area contributed by atoms with E-state index in [1.807, 2.05) is 0 Å². The Bertz CT molecular complexity index is 1700. The average Bonchev–Trinajstić information content (AvgIpc) is 3.74. The first-order chi connectivity index (χ1) is 21.3. The third-order valence-corrected chi connectivity index (χ3v) is 8.43. The highest BCUT2D eigenvalue weighted by Crippen LogP contribution is 2.52. The molecule has 246 valence electrons. The summed E-state index contributed by atoms with van der Waals surface area (Å²) in [6.07, 6.45) is -6.94. The molecule has 2 aliphatic heterocycles. The van der Waals surface area contributed by atoms with Crippen molar-refractivity contribution in [3.63, 3.8) is 0 Å². The van der Waals surface area contributed by atoms with Crippen molar-refractivity contribution in [3.8, 4) is 0 Å². The van der Waals surface area contributed by atoms with E-state index in [4.69, 9.17) is 30.0 Å². The maximum Gasteiger partial charge on any atom is 0.472 e. The van der Waals surface area contributed by atoms with E-state index in [1.165, 1.54) is 17.9 Å². The van der Waals surface area contributed by atoms with Crippen LogP contribution >= 0.6 is 7.82 Å². The lowest BCUT2D eigenvalue weighted by molar-refractivity contribution is -0.0473. The highest BCUT2D eigenvalue weighted by molar-refractivity contribution is 7.47. The number of halogens is 1. The van der Waals surface area contributed by atoms with Crippen LogP contribution in [0, 0.1) is 0 Å². The number of alkyl halides is 1. The van der Waals surface area contributed by atoms with Crippen LogP contribution in [0.4, 0.5) is 16.2 Å². The molecule has 3 aromatic heterocycles. The molecule has 2 aliphatic rings. The molecule has 9 N–H and O–H groups in total. The Morgan fingerprint density at radius 1 is 1.31 bits per heavy atom. The van der Waals surface area contributed by atoms with Gasteiger partial charge in [0.25, 0.3) is 5.56 Å². The van der Waals surface area contributed by atoms with Gasteiger partial charge in [-0.1, -0.05) is 0 Å². The smallest absolute Gasteiger partial charge is 0.396 e. The van der Waals surface area contributed by atoms with Crippen LogP contribution < -0.4 is 17.0 Å². The van der Waals surface area contributed by atoms with Gasteiger partial charge in [-0.3, -0.25) is 33.0 Å². The van der Waals surface area contributed by atoms with E-state index in [9.17, 15) is 29.6 Å². The number of aromatic amines is 1. The van der Waals surface area contributed by atoms with Crippen LogP contribution in [-0.4, -0.2) is 119 Å². The molecular formula is C23H32FN10O10P. The van der Waals surface area contributed by atoms with Crippen LogP contribution in [0.2, 0.25) is 0 Å². The molecule has 1 unspecified atom stereocenters. The van der Waals surface area contributed by atoms with E-state index in [0.717, 1.165) is 10.9 Å². The van der Waals surface area contributed by atoms with Crippen molar-refractivity contribution in [1.82, 2.24) is 29.1 Å². The Labute approximate surface area is 252 Å². The lowest BCUT2D eigenvalue weighted by Crippen LogP contribution is -2.41. The molecule has 2 saturated heterocycles. The number of aromatic nitrogens is 6. The topological polar surface area (TPSA) is 293 Å². The molecule has 5 heterocycles. The summed E-state index contributed by atoms with van der Waals surface area (Å²) in [6.45, 7) is 1.61. The normalized spacial score (nSPS) is 30.2. The molecule has 0 radical (unpaired) electrons. The van der Waals surface area contributed by atoms with E-state index in [0.29, 0.717) is 0 Å². The number of fused-ring (bicyclic) bond motifs is 1. The second-order valence-electron chi connectivity index (χ2n) is 10.2. The first-order valence-corrected chi connectivity index (χ1v) is 14.9. The average molecular weight is 659 g/mol. The van der Waals surface area contributed by atoms with Gasteiger partial charge in [0.1, 0.15) is 23.7 Å². The fourth-order valence-electron chi connectivity index (χ4n) is 5.19. The summed E-state index contributed by atoms with van der Waals surface area (Å²) in [5, 5.41) is 30.7. The third-order valence-electron chi connectivity index (χ3n) is 7.43. The van der Waals surface area contributed by atoms with Gasteiger partial charge in [0.05, 0.1) is 32.0 Å². The largest absolute Gasteiger partial charge is 0.472 e. The predicted octanol–water partition coefficient (Wildman–Crippen LogP) is -1.60. The number of hydrogen-bond donors (Lipinski definition) is 7. The minimum absolute atomic E-state index is 0.0503. The zero-order valence-corrected chi connectivity index (χ0v) is 24.6. The van der Waals surface area contributed by atoms with Gasteiger partial charge in [0.2, 0.25) is 5.95 Å². The van der Waals surface area contributed by atoms with Gasteiger partial charge in [-0.2, -0.15) is 4.98 Å². The number of H-pyrrole nitrogens is 1. The van der Waals surface area contributed by atoms with Crippen molar-refractivity contribution in [2.75, 3.05) is 32.6 Å². The first-order valence-electron chi connectivity index (χ1n) is 13.4. The van der Waals surface area contributed by atoms with Gasteiger partial charge < -0.3 is 41.2 Å². The number of amidine groups is 1. The van der Waals surface area contributed by atoms with Crippen molar-refractivity contribution in [2.45, 2.75) is 55.4 Å². The van der Waals surface area contributed by atoms with Crippen LogP contribution in [-0.2, 0) is 23.1 Å². The number of nitrogens with two attached hydrogens (primary N) is 2. The SMILES string of the molecule is C=Nc1c(C(N)=NC)ncn1[C@@H]1O[C@H](CCOP(=O)(O)O[C@H]2[C@H](n3cnc4c(=O)[nH]c(N)nc43)OC[C@]2(F)CCO)[C@@H](O)[C@H]1O. The molecule has 3 aromatic rings. The zero-order valence-electron chi connectivity index (χ0n) is 23.7. The first kappa shape index (κ1) is 32.7. The molecular weight excluding hydrogens is 626 g/mol. The number of aliphatic imine (C=N–C) groups is 2. The Balaban J connectivity index is 1.29. The minimum atomic E-state index is -5.07. The van der Waals surface area contributed by atoms with E-state index in [2.05, 4.69) is 36.6 Å². The monoisotopic (exact) mass is 658 g/mol. The van der Waals surface area contributed by atoms with Crippen molar-refractivity contribution < 1.29 is 47.7 Å². The number of aliphatic hydroxyl groups is 3. The van der Waals surface area contributed by atoms with E-state index < -0.39 is 82.2 Å². The van der Waals surface area contributed by atoms with E-state index >= 15 is 4.39 Å². The summed E-state index contributed by atoms with van der Waals surface area (Å²) in [6, 6.07) is 0. The van der Waals surface area contributed by atoms with E-state index in [-0.39, 0.29) is 40.9 Å². The van der Waals surface area contributed by atoms with Crippen LogP contribution in [0.3, 0.4) is 0 Å². The Morgan fingerprint density at radius 3 is 2.73 bits per heavy atom. The molecule has 20 nitrogen and oxygen atoms in total. The van der Waals surface area contributed by atoms with Crippen molar-refractivity contribution in [2.24, 2.45) is 15.7 Å². The van der Waals surface area contributed by atoms with Gasteiger partial charge in [0, 0.05) is 26.5 Å². The number of hydrogen-bond acceptors (Lipinski definition) is 15. The van der Waals surface area contributed by atoms with Gasteiger partial charge in [0.15, 0.2) is 41.2 Å². The molecule has 0 spiro atoms. The van der Waals surface area contributed by atoms with Crippen molar-refractivity contribution in [1.29, 1.82) is 0 Å². The number of nitrogens with one attached hydrogen (secondary N) is 1. The second kappa shape index (κ2) is 12.6. The molecule has 0 aromatic carbocycles. The third kappa shape index (κ3) is 6.13. The molecule has 0 amide bonds.